The standard InChI is InChI=1S/C24H22ClFN4O2/c1-14-4-11-21(19(12-14)24(32)28-17-8-6-16(25)7-9-17)29-23(31)18-10-5-15(13-20(18)26)22(27)30(2)3/h4-13,27H,1-3H3,(H,28,32)(H,29,31). The largest absolute Gasteiger partial charge is 0.363 e. The average Bonchev–Trinajstić information content (AvgIpc) is 2.75. The van der Waals surface area contributed by atoms with Gasteiger partial charge < -0.3 is 15.5 Å². The first-order valence-corrected chi connectivity index (χ1v) is 10.1. The maximum absolute atomic E-state index is 14.6. The van der Waals surface area contributed by atoms with Crippen molar-refractivity contribution in [3.8, 4) is 0 Å². The minimum Gasteiger partial charge on any atom is -0.363 e. The third-order valence-electron chi connectivity index (χ3n) is 4.70. The summed E-state index contributed by atoms with van der Waals surface area (Å²) in [6, 6.07) is 15.6. The smallest absolute Gasteiger partial charge is 0.258 e. The van der Waals surface area contributed by atoms with Gasteiger partial charge in [0.15, 0.2) is 0 Å². The fourth-order valence-corrected chi connectivity index (χ4v) is 3.11. The second-order valence-electron chi connectivity index (χ2n) is 7.40. The van der Waals surface area contributed by atoms with Gasteiger partial charge in [0.25, 0.3) is 11.8 Å². The predicted molar refractivity (Wildman–Crippen MR) is 125 cm³/mol. The highest BCUT2D eigenvalue weighted by Gasteiger charge is 2.18. The van der Waals surface area contributed by atoms with E-state index in [0.717, 1.165) is 11.6 Å². The Morgan fingerprint density at radius 1 is 0.906 bits per heavy atom. The van der Waals surface area contributed by atoms with Crippen LogP contribution in [0.4, 0.5) is 15.8 Å². The number of halogens is 2. The van der Waals surface area contributed by atoms with E-state index < -0.39 is 17.6 Å². The minimum atomic E-state index is -0.758. The molecule has 164 valence electrons. The fraction of sp³-hybridized carbons (Fsp3) is 0.125. The molecule has 0 unspecified atom stereocenters. The van der Waals surface area contributed by atoms with Gasteiger partial charge in [-0.3, -0.25) is 15.0 Å². The molecule has 0 saturated carbocycles. The van der Waals surface area contributed by atoms with Crippen molar-refractivity contribution in [2.24, 2.45) is 0 Å². The molecule has 2 amide bonds. The molecule has 0 saturated heterocycles. The summed E-state index contributed by atoms with van der Waals surface area (Å²) >= 11 is 5.88. The number of hydrogen-bond donors (Lipinski definition) is 3. The molecule has 0 aromatic heterocycles. The summed E-state index contributed by atoms with van der Waals surface area (Å²) in [5.74, 6) is -1.77. The second kappa shape index (κ2) is 9.62. The van der Waals surface area contributed by atoms with Gasteiger partial charge in [0.1, 0.15) is 11.7 Å². The molecular formula is C24H22ClFN4O2. The van der Waals surface area contributed by atoms with Gasteiger partial charge in [0.05, 0.1) is 16.8 Å². The number of carbonyl (C=O) groups is 2. The SMILES string of the molecule is Cc1ccc(NC(=O)c2ccc(C(=N)N(C)C)cc2F)c(C(=O)Nc2ccc(Cl)cc2)c1. The lowest BCUT2D eigenvalue weighted by Crippen LogP contribution is -2.23. The van der Waals surface area contributed by atoms with Crippen LogP contribution in [0.15, 0.2) is 60.7 Å². The van der Waals surface area contributed by atoms with Crippen molar-refractivity contribution in [1.29, 1.82) is 5.41 Å². The van der Waals surface area contributed by atoms with Gasteiger partial charge in [-0.1, -0.05) is 29.3 Å². The number of rotatable bonds is 5. The van der Waals surface area contributed by atoms with Crippen LogP contribution >= 0.6 is 11.6 Å². The normalized spacial score (nSPS) is 10.4. The highest BCUT2D eigenvalue weighted by molar-refractivity contribution is 6.30. The Labute approximate surface area is 190 Å². The Morgan fingerprint density at radius 2 is 1.56 bits per heavy atom. The Kier molecular flexibility index (Phi) is 6.90. The summed E-state index contributed by atoms with van der Waals surface area (Å²) in [5.41, 5.74) is 2.01. The molecule has 3 N–H and O–H groups in total. The molecule has 0 fully saturated rings. The molecule has 6 nitrogen and oxygen atoms in total. The van der Waals surface area contributed by atoms with Crippen LogP contribution in [0.5, 0.6) is 0 Å². The van der Waals surface area contributed by atoms with Crippen LogP contribution in [0.2, 0.25) is 5.02 Å². The molecule has 8 heteroatoms. The van der Waals surface area contributed by atoms with Gasteiger partial charge in [-0.05, 0) is 55.5 Å². The van der Waals surface area contributed by atoms with Gasteiger partial charge in [0.2, 0.25) is 0 Å². The van der Waals surface area contributed by atoms with Crippen LogP contribution in [0.3, 0.4) is 0 Å². The quantitative estimate of drug-likeness (QED) is 0.368. The van der Waals surface area contributed by atoms with E-state index in [-0.39, 0.29) is 22.6 Å². The molecular weight excluding hydrogens is 431 g/mol. The summed E-state index contributed by atoms with van der Waals surface area (Å²) < 4.78 is 14.6. The van der Waals surface area contributed by atoms with Crippen LogP contribution in [0, 0.1) is 18.2 Å². The zero-order chi connectivity index (χ0) is 23.4. The van der Waals surface area contributed by atoms with Crippen molar-refractivity contribution in [2.45, 2.75) is 6.92 Å². The van der Waals surface area contributed by atoms with E-state index in [1.165, 1.54) is 17.0 Å². The first kappa shape index (κ1) is 23.0. The Morgan fingerprint density at radius 3 is 2.19 bits per heavy atom. The van der Waals surface area contributed by atoms with E-state index >= 15 is 0 Å². The van der Waals surface area contributed by atoms with Gasteiger partial charge >= 0.3 is 0 Å². The van der Waals surface area contributed by atoms with E-state index in [2.05, 4.69) is 10.6 Å². The molecule has 0 radical (unpaired) electrons. The number of anilines is 2. The van der Waals surface area contributed by atoms with Gasteiger partial charge in [-0.2, -0.15) is 0 Å². The average molecular weight is 453 g/mol. The summed E-state index contributed by atoms with van der Waals surface area (Å²) in [7, 11) is 3.35. The van der Waals surface area contributed by atoms with Crippen LogP contribution in [-0.2, 0) is 0 Å². The molecule has 0 atom stereocenters. The third kappa shape index (κ3) is 5.31. The lowest BCUT2D eigenvalue weighted by Gasteiger charge is -2.15. The second-order valence-corrected chi connectivity index (χ2v) is 7.84. The molecule has 3 aromatic rings. The Bertz CT molecular complexity index is 1190. The van der Waals surface area contributed by atoms with Crippen LogP contribution in [0.25, 0.3) is 0 Å². The molecule has 0 aliphatic rings. The zero-order valence-electron chi connectivity index (χ0n) is 17.8. The lowest BCUT2D eigenvalue weighted by atomic mass is 10.1. The predicted octanol–water partition coefficient (Wildman–Crippen LogP) is 5.18. The van der Waals surface area contributed by atoms with Crippen molar-refractivity contribution in [3.05, 3.63) is 93.8 Å². The number of nitrogens with one attached hydrogen (secondary N) is 3. The Balaban J connectivity index is 1.84. The third-order valence-corrected chi connectivity index (χ3v) is 4.96. The lowest BCUT2D eigenvalue weighted by molar-refractivity contribution is 0.102. The highest BCUT2D eigenvalue weighted by Crippen LogP contribution is 2.22. The van der Waals surface area contributed by atoms with Gasteiger partial charge in [-0.15, -0.1) is 0 Å². The van der Waals surface area contributed by atoms with Crippen molar-refractivity contribution < 1.29 is 14.0 Å². The van der Waals surface area contributed by atoms with E-state index in [9.17, 15) is 14.0 Å². The van der Waals surface area contributed by atoms with Crippen molar-refractivity contribution in [2.75, 3.05) is 24.7 Å². The first-order chi connectivity index (χ1) is 15.2. The number of hydrogen-bond acceptors (Lipinski definition) is 3. The molecule has 0 aliphatic heterocycles. The van der Waals surface area contributed by atoms with E-state index in [0.29, 0.717) is 16.3 Å². The Hall–Kier alpha value is -3.71. The maximum atomic E-state index is 14.6. The molecule has 3 aromatic carbocycles. The van der Waals surface area contributed by atoms with Gasteiger partial charge in [0, 0.05) is 30.4 Å². The summed E-state index contributed by atoms with van der Waals surface area (Å²) in [5, 5.41) is 13.9. The van der Waals surface area contributed by atoms with Crippen LogP contribution in [-0.4, -0.2) is 36.6 Å². The topological polar surface area (TPSA) is 85.3 Å². The number of amidine groups is 1. The molecule has 0 spiro atoms. The molecule has 32 heavy (non-hydrogen) atoms. The van der Waals surface area contributed by atoms with Crippen LogP contribution < -0.4 is 10.6 Å². The van der Waals surface area contributed by atoms with E-state index in [4.69, 9.17) is 17.0 Å². The molecule has 3 rings (SSSR count). The number of amides is 2. The monoisotopic (exact) mass is 452 g/mol. The highest BCUT2D eigenvalue weighted by atomic mass is 35.5. The van der Waals surface area contributed by atoms with Crippen molar-refractivity contribution >= 4 is 40.6 Å². The fourth-order valence-electron chi connectivity index (χ4n) is 2.98. The van der Waals surface area contributed by atoms with Crippen molar-refractivity contribution in [3.63, 3.8) is 0 Å². The van der Waals surface area contributed by atoms with E-state index in [1.54, 1.807) is 56.6 Å². The zero-order valence-corrected chi connectivity index (χ0v) is 18.5. The van der Waals surface area contributed by atoms with Gasteiger partial charge in [-0.25, -0.2) is 4.39 Å². The summed E-state index contributed by atoms with van der Waals surface area (Å²) in [6.45, 7) is 1.82. The van der Waals surface area contributed by atoms with Crippen molar-refractivity contribution in [1.82, 2.24) is 4.90 Å². The molecule has 0 bridgehead atoms. The molecule has 0 heterocycles. The maximum Gasteiger partial charge on any atom is 0.258 e. The minimum absolute atomic E-state index is 0.121. The summed E-state index contributed by atoms with van der Waals surface area (Å²) in [4.78, 5) is 27.1. The molecule has 0 aliphatic carbocycles. The number of nitrogens with zero attached hydrogens (tertiary/aromatic N) is 1. The summed E-state index contributed by atoms with van der Waals surface area (Å²) in [6.07, 6.45) is 0. The first-order valence-electron chi connectivity index (χ1n) is 9.70. The number of carbonyl (C=O) groups excluding carboxylic acids is 2. The van der Waals surface area contributed by atoms with E-state index in [1.807, 2.05) is 6.92 Å². The number of aryl methyl sites for hydroxylation is 1. The number of benzene rings is 3. The van der Waals surface area contributed by atoms with Crippen LogP contribution in [0.1, 0.15) is 31.8 Å².